The molecule has 2 heteroatoms. The maximum absolute atomic E-state index is 5.66. The minimum atomic E-state index is 0.221. The van der Waals surface area contributed by atoms with Gasteiger partial charge in [-0.1, -0.05) is 32.9 Å². The third kappa shape index (κ3) is 2.63. The summed E-state index contributed by atoms with van der Waals surface area (Å²) >= 11 is 0. The van der Waals surface area contributed by atoms with E-state index in [-0.39, 0.29) is 5.41 Å². The van der Waals surface area contributed by atoms with E-state index in [1.165, 1.54) is 11.1 Å². The Balaban J connectivity index is 2.32. The quantitative estimate of drug-likeness (QED) is 0.846. The van der Waals surface area contributed by atoms with Crippen LogP contribution in [0.5, 0.6) is 5.75 Å². The van der Waals surface area contributed by atoms with Crippen molar-refractivity contribution >= 4 is 0 Å². The predicted octanol–water partition coefficient (Wildman–Crippen LogP) is 3.32. The number of fused-ring (bicyclic) bond motifs is 1. The fraction of sp³-hybridized carbons (Fsp3) is 0.600. The van der Waals surface area contributed by atoms with E-state index in [0.717, 1.165) is 25.2 Å². The highest BCUT2D eigenvalue weighted by Gasteiger charge is 2.25. The van der Waals surface area contributed by atoms with E-state index in [2.05, 4.69) is 44.3 Å². The van der Waals surface area contributed by atoms with E-state index >= 15 is 0 Å². The Morgan fingerprint density at radius 2 is 2.06 bits per heavy atom. The van der Waals surface area contributed by atoms with Crippen LogP contribution >= 0.6 is 0 Å². The first kappa shape index (κ1) is 12.4. The molecule has 0 saturated carbocycles. The van der Waals surface area contributed by atoms with Gasteiger partial charge in [-0.05, 0) is 42.5 Å². The van der Waals surface area contributed by atoms with Gasteiger partial charge in [0.15, 0.2) is 0 Å². The molecule has 94 valence electrons. The molecule has 1 aliphatic heterocycles. The molecule has 1 aromatic rings. The molecule has 1 aliphatic rings. The highest BCUT2D eigenvalue weighted by molar-refractivity contribution is 5.40. The summed E-state index contributed by atoms with van der Waals surface area (Å²) in [7, 11) is 2.03. The van der Waals surface area contributed by atoms with Crippen molar-refractivity contribution in [1.29, 1.82) is 0 Å². The van der Waals surface area contributed by atoms with Crippen LogP contribution in [0, 0.1) is 5.41 Å². The molecule has 0 aromatic heterocycles. The Labute approximate surface area is 104 Å². The molecule has 17 heavy (non-hydrogen) atoms. The summed E-state index contributed by atoms with van der Waals surface area (Å²) in [4.78, 5) is 0. The Hall–Kier alpha value is -1.02. The molecule has 0 aliphatic carbocycles. The lowest BCUT2D eigenvalue weighted by molar-refractivity contribution is 0.279. The fourth-order valence-electron chi connectivity index (χ4n) is 2.66. The van der Waals surface area contributed by atoms with Gasteiger partial charge in [-0.2, -0.15) is 0 Å². The molecular formula is C15H23NO. The first-order valence-electron chi connectivity index (χ1n) is 6.45. The van der Waals surface area contributed by atoms with E-state index in [0.29, 0.717) is 6.04 Å². The lowest BCUT2D eigenvalue weighted by Gasteiger charge is -2.31. The molecule has 1 heterocycles. The predicted molar refractivity (Wildman–Crippen MR) is 71.5 cm³/mol. The minimum Gasteiger partial charge on any atom is -0.493 e. The van der Waals surface area contributed by atoms with Crippen LogP contribution in [-0.2, 0) is 6.42 Å². The molecule has 0 amide bonds. The highest BCUT2D eigenvalue weighted by Crippen LogP contribution is 2.35. The topological polar surface area (TPSA) is 21.3 Å². The van der Waals surface area contributed by atoms with Crippen molar-refractivity contribution in [2.45, 2.75) is 39.7 Å². The van der Waals surface area contributed by atoms with Gasteiger partial charge in [0.25, 0.3) is 0 Å². The fourth-order valence-corrected chi connectivity index (χ4v) is 2.66. The Kier molecular flexibility index (Phi) is 3.43. The van der Waals surface area contributed by atoms with E-state index in [1.807, 2.05) is 7.05 Å². The molecule has 1 unspecified atom stereocenters. The van der Waals surface area contributed by atoms with Gasteiger partial charge in [0.1, 0.15) is 5.75 Å². The number of rotatable bonds is 2. The standard InChI is InChI=1S/C15H23NO/c1-15(2,3)14(16-4)12-7-8-13-11(10-12)6-5-9-17-13/h7-8,10,14,16H,5-6,9H2,1-4H3. The van der Waals surface area contributed by atoms with Gasteiger partial charge < -0.3 is 10.1 Å². The van der Waals surface area contributed by atoms with Crippen molar-refractivity contribution in [3.63, 3.8) is 0 Å². The molecule has 0 saturated heterocycles. The van der Waals surface area contributed by atoms with Crippen molar-refractivity contribution in [2.24, 2.45) is 5.41 Å². The highest BCUT2D eigenvalue weighted by atomic mass is 16.5. The van der Waals surface area contributed by atoms with Gasteiger partial charge >= 0.3 is 0 Å². The van der Waals surface area contributed by atoms with Crippen LogP contribution in [-0.4, -0.2) is 13.7 Å². The van der Waals surface area contributed by atoms with E-state index in [9.17, 15) is 0 Å². The summed E-state index contributed by atoms with van der Waals surface area (Å²) in [5.74, 6) is 1.07. The maximum atomic E-state index is 5.66. The lowest BCUT2D eigenvalue weighted by atomic mass is 9.81. The van der Waals surface area contributed by atoms with Crippen LogP contribution in [0.15, 0.2) is 18.2 Å². The number of nitrogens with one attached hydrogen (secondary N) is 1. The Morgan fingerprint density at radius 1 is 1.29 bits per heavy atom. The van der Waals surface area contributed by atoms with E-state index in [1.54, 1.807) is 0 Å². The second-order valence-electron chi connectivity index (χ2n) is 5.91. The monoisotopic (exact) mass is 233 g/mol. The number of ether oxygens (including phenoxy) is 1. The zero-order valence-corrected chi connectivity index (χ0v) is 11.3. The summed E-state index contributed by atoms with van der Waals surface area (Å²) < 4.78 is 5.66. The number of aryl methyl sites for hydroxylation is 1. The zero-order chi connectivity index (χ0) is 12.5. The molecule has 1 atom stereocenters. The van der Waals surface area contributed by atoms with Crippen molar-refractivity contribution in [3.05, 3.63) is 29.3 Å². The SMILES string of the molecule is CNC(c1ccc2c(c1)CCCO2)C(C)(C)C. The maximum Gasteiger partial charge on any atom is 0.122 e. The number of hydrogen-bond acceptors (Lipinski definition) is 2. The summed E-state index contributed by atoms with van der Waals surface area (Å²) in [6.45, 7) is 7.67. The third-order valence-corrected chi connectivity index (χ3v) is 3.42. The number of benzene rings is 1. The minimum absolute atomic E-state index is 0.221. The van der Waals surface area contributed by atoms with E-state index in [4.69, 9.17) is 4.74 Å². The zero-order valence-electron chi connectivity index (χ0n) is 11.3. The molecule has 1 N–H and O–H groups in total. The Bertz CT molecular complexity index is 392. The first-order chi connectivity index (χ1) is 8.02. The van der Waals surface area contributed by atoms with Gasteiger partial charge in [0.05, 0.1) is 6.61 Å². The van der Waals surface area contributed by atoms with Gasteiger partial charge in [-0.25, -0.2) is 0 Å². The first-order valence-corrected chi connectivity index (χ1v) is 6.45. The Morgan fingerprint density at radius 3 is 2.71 bits per heavy atom. The second kappa shape index (κ2) is 4.69. The van der Waals surface area contributed by atoms with Crippen LogP contribution in [0.1, 0.15) is 44.4 Å². The normalized spacial score (nSPS) is 17.2. The summed E-state index contributed by atoms with van der Waals surface area (Å²) in [5, 5.41) is 3.42. The summed E-state index contributed by atoms with van der Waals surface area (Å²) in [5.41, 5.74) is 2.95. The lowest BCUT2D eigenvalue weighted by Crippen LogP contribution is -2.29. The molecule has 0 fully saturated rings. The summed E-state index contributed by atoms with van der Waals surface area (Å²) in [6.07, 6.45) is 2.28. The van der Waals surface area contributed by atoms with Crippen molar-refractivity contribution in [3.8, 4) is 5.75 Å². The average molecular weight is 233 g/mol. The van der Waals surface area contributed by atoms with Crippen LogP contribution in [0.25, 0.3) is 0 Å². The molecule has 0 bridgehead atoms. The van der Waals surface area contributed by atoms with Crippen LogP contribution < -0.4 is 10.1 Å². The van der Waals surface area contributed by atoms with Gasteiger partial charge in [0, 0.05) is 6.04 Å². The van der Waals surface area contributed by atoms with Crippen molar-refractivity contribution in [1.82, 2.24) is 5.32 Å². The van der Waals surface area contributed by atoms with Crippen LogP contribution in [0.3, 0.4) is 0 Å². The third-order valence-electron chi connectivity index (χ3n) is 3.42. The van der Waals surface area contributed by atoms with Gasteiger partial charge in [-0.3, -0.25) is 0 Å². The smallest absolute Gasteiger partial charge is 0.122 e. The van der Waals surface area contributed by atoms with Crippen molar-refractivity contribution in [2.75, 3.05) is 13.7 Å². The van der Waals surface area contributed by atoms with Gasteiger partial charge in [-0.15, -0.1) is 0 Å². The van der Waals surface area contributed by atoms with E-state index < -0.39 is 0 Å². The molecule has 1 aromatic carbocycles. The van der Waals surface area contributed by atoms with Crippen LogP contribution in [0.2, 0.25) is 0 Å². The van der Waals surface area contributed by atoms with Crippen LogP contribution in [0.4, 0.5) is 0 Å². The molecule has 2 nitrogen and oxygen atoms in total. The second-order valence-corrected chi connectivity index (χ2v) is 5.91. The number of hydrogen-bond donors (Lipinski definition) is 1. The average Bonchev–Trinajstić information content (AvgIpc) is 2.28. The molecule has 0 spiro atoms. The van der Waals surface area contributed by atoms with Gasteiger partial charge in [0.2, 0.25) is 0 Å². The largest absolute Gasteiger partial charge is 0.493 e. The molecular weight excluding hydrogens is 210 g/mol. The summed E-state index contributed by atoms with van der Waals surface area (Å²) in [6, 6.07) is 7.01. The molecule has 2 rings (SSSR count). The molecule has 0 radical (unpaired) electrons. The van der Waals surface area contributed by atoms with Crippen molar-refractivity contribution < 1.29 is 4.74 Å².